The quantitative estimate of drug-likeness (QED) is 0.712. The highest BCUT2D eigenvalue weighted by molar-refractivity contribution is 7.99. The van der Waals surface area contributed by atoms with Crippen LogP contribution in [0, 0.1) is 0 Å². The van der Waals surface area contributed by atoms with Gasteiger partial charge >= 0.3 is 5.76 Å². The Labute approximate surface area is 155 Å². The molecule has 3 aromatic rings. The van der Waals surface area contributed by atoms with E-state index in [1.54, 1.807) is 12.1 Å². The molecule has 0 spiro atoms. The molecule has 1 amide bonds. The summed E-state index contributed by atoms with van der Waals surface area (Å²) in [5.41, 5.74) is 2.49. The normalized spacial score (nSPS) is 18.0. The molecular formula is C20H20N2O3S. The number of fused-ring (bicyclic) bond motifs is 1. The molecule has 1 unspecified atom stereocenters. The Balaban J connectivity index is 1.47. The lowest BCUT2D eigenvalue weighted by Crippen LogP contribution is -2.37. The lowest BCUT2D eigenvalue weighted by molar-refractivity contribution is -0.131. The molecule has 2 heterocycles. The van der Waals surface area contributed by atoms with E-state index in [1.807, 2.05) is 34.9 Å². The Morgan fingerprint density at radius 3 is 2.69 bits per heavy atom. The van der Waals surface area contributed by atoms with Crippen LogP contribution in [0.25, 0.3) is 11.1 Å². The van der Waals surface area contributed by atoms with Gasteiger partial charge in [0.25, 0.3) is 0 Å². The molecule has 2 aromatic carbocycles. The number of nitrogens with zero attached hydrogens (tertiary/aromatic N) is 2. The lowest BCUT2D eigenvalue weighted by atomic mass is 10.1. The highest BCUT2D eigenvalue weighted by Gasteiger charge is 2.23. The number of carbonyl (C=O) groups is 1. The summed E-state index contributed by atoms with van der Waals surface area (Å²) >= 11 is 1.89. The number of amides is 1. The van der Waals surface area contributed by atoms with Crippen LogP contribution >= 0.6 is 11.8 Å². The monoisotopic (exact) mass is 368 g/mol. The zero-order valence-electron chi connectivity index (χ0n) is 14.3. The fourth-order valence-corrected chi connectivity index (χ4v) is 4.58. The van der Waals surface area contributed by atoms with Crippen molar-refractivity contribution in [2.75, 3.05) is 18.8 Å². The van der Waals surface area contributed by atoms with Crippen LogP contribution in [-0.4, -0.2) is 34.2 Å². The maximum Gasteiger partial charge on any atom is 0.420 e. The summed E-state index contributed by atoms with van der Waals surface area (Å²) in [6.45, 7) is 1.43. The number of thioether (sulfide) groups is 1. The summed E-state index contributed by atoms with van der Waals surface area (Å²) in [5.74, 6) is 0.380. The molecule has 134 valence electrons. The lowest BCUT2D eigenvalue weighted by Gasteiger charge is -2.20. The van der Waals surface area contributed by atoms with Crippen molar-refractivity contribution in [2.45, 2.75) is 18.2 Å². The van der Waals surface area contributed by atoms with Gasteiger partial charge < -0.3 is 9.32 Å². The van der Waals surface area contributed by atoms with Crippen molar-refractivity contribution in [2.24, 2.45) is 0 Å². The van der Waals surface area contributed by atoms with Crippen molar-refractivity contribution < 1.29 is 9.21 Å². The fourth-order valence-electron chi connectivity index (χ4n) is 3.35. The molecule has 1 fully saturated rings. The van der Waals surface area contributed by atoms with Gasteiger partial charge in [0.1, 0.15) is 6.54 Å². The van der Waals surface area contributed by atoms with Crippen molar-refractivity contribution in [3.63, 3.8) is 0 Å². The number of rotatable bonds is 3. The summed E-state index contributed by atoms with van der Waals surface area (Å²) in [7, 11) is 0. The third-order valence-electron chi connectivity index (χ3n) is 4.73. The van der Waals surface area contributed by atoms with E-state index in [-0.39, 0.29) is 12.5 Å². The Morgan fingerprint density at radius 1 is 1.08 bits per heavy atom. The van der Waals surface area contributed by atoms with E-state index in [9.17, 15) is 9.59 Å². The van der Waals surface area contributed by atoms with Crippen molar-refractivity contribution in [3.05, 3.63) is 70.7 Å². The van der Waals surface area contributed by atoms with Gasteiger partial charge in [0.05, 0.1) is 5.52 Å². The van der Waals surface area contributed by atoms with E-state index in [0.717, 1.165) is 12.2 Å². The van der Waals surface area contributed by atoms with Gasteiger partial charge in [-0.25, -0.2) is 4.79 Å². The van der Waals surface area contributed by atoms with Crippen molar-refractivity contribution >= 4 is 28.8 Å². The van der Waals surface area contributed by atoms with Crippen molar-refractivity contribution in [1.29, 1.82) is 0 Å². The third-order valence-corrected chi connectivity index (χ3v) is 6.06. The molecule has 0 radical (unpaired) electrons. The smallest absolute Gasteiger partial charge is 0.408 e. The Bertz CT molecular complexity index is 964. The number of hydrogen-bond donors (Lipinski definition) is 0. The Morgan fingerprint density at radius 2 is 1.85 bits per heavy atom. The summed E-state index contributed by atoms with van der Waals surface area (Å²) in [6, 6.07) is 17.6. The molecular weight excluding hydrogens is 348 g/mol. The molecule has 1 aliphatic rings. The first-order valence-corrected chi connectivity index (χ1v) is 9.80. The predicted octanol–water partition coefficient (Wildman–Crippen LogP) is 3.30. The average Bonchev–Trinajstić information content (AvgIpc) is 2.85. The molecule has 1 aliphatic heterocycles. The molecule has 1 saturated heterocycles. The summed E-state index contributed by atoms with van der Waals surface area (Å²) in [6.07, 6.45) is 0.918. The van der Waals surface area contributed by atoms with Gasteiger partial charge in [0.2, 0.25) is 5.91 Å². The molecule has 4 rings (SSSR count). The maximum atomic E-state index is 12.8. The van der Waals surface area contributed by atoms with Crippen LogP contribution in [0.4, 0.5) is 0 Å². The Hall–Kier alpha value is -2.47. The van der Waals surface area contributed by atoms with Gasteiger partial charge in [-0.1, -0.05) is 42.5 Å². The molecule has 6 heteroatoms. The minimum atomic E-state index is -0.481. The van der Waals surface area contributed by atoms with E-state index < -0.39 is 5.76 Å². The molecule has 0 saturated carbocycles. The van der Waals surface area contributed by atoms with Crippen molar-refractivity contribution in [1.82, 2.24) is 9.47 Å². The van der Waals surface area contributed by atoms with Crippen LogP contribution in [0.2, 0.25) is 0 Å². The highest BCUT2D eigenvalue weighted by atomic mass is 32.2. The number of hydrogen-bond acceptors (Lipinski definition) is 4. The van der Waals surface area contributed by atoms with E-state index in [2.05, 4.69) is 24.3 Å². The number of oxazole rings is 1. The van der Waals surface area contributed by atoms with E-state index >= 15 is 0 Å². The second kappa shape index (κ2) is 7.41. The van der Waals surface area contributed by atoms with Crippen LogP contribution < -0.4 is 5.76 Å². The molecule has 0 bridgehead atoms. The minimum Gasteiger partial charge on any atom is -0.408 e. The number of para-hydroxylation sites is 2. The highest BCUT2D eigenvalue weighted by Crippen LogP contribution is 2.34. The first-order chi connectivity index (χ1) is 12.7. The van der Waals surface area contributed by atoms with E-state index in [4.69, 9.17) is 4.42 Å². The zero-order chi connectivity index (χ0) is 17.9. The first kappa shape index (κ1) is 17.0. The van der Waals surface area contributed by atoms with E-state index in [1.165, 1.54) is 10.1 Å². The molecule has 5 nitrogen and oxygen atoms in total. The largest absolute Gasteiger partial charge is 0.420 e. The fraction of sp³-hybridized carbons (Fsp3) is 0.300. The number of aromatic nitrogens is 1. The summed E-state index contributed by atoms with van der Waals surface area (Å²) in [4.78, 5) is 26.7. The number of carbonyl (C=O) groups excluding carboxylic acids is 1. The second-order valence-corrected chi connectivity index (χ2v) is 7.67. The predicted molar refractivity (Wildman–Crippen MR) is 103 cm³/mol. The Kier molecular flexibility index (Phi) is 4.84. The number of benzene rings is 2. The van der Waals surface area contributed by atoms with Crippen LogP contribution in [0.15, 0.2) is 63.8 Å². The second-order valence-electron chi connectivity index (χ2n) is 6.36. The SMILES string of the molecule is O=C(Cn1c(=O)oc2ccccc21)N1CCSC(c2ccccc2)CC1. The van der Waals surface area contributed by atoms with Crippen LogP contribution in [0.1, 0.15) is 17.2 Å². The van der Waals surface area contributed by atoms with Gasteiger partial charge in [0.15, 0.2) is 5.58 Å². The molecule has 0 aliphatic carbocycles. The zero-order valence-corrected chi connectivity index (χ0v) is 15.2. The van der Waals surface area contributed by atoms with Crippen molar-refractivity contribution in [3.8, 4) is 0 Å². The maximum absolute atomic E-state index is 12.8. The topological polar surface area (TPSA) is 55.5 Å². The molecule has 1 atom stereocenters. The molecule has 1 aromatic heterocycles. The summed E-state index contributed by atoms with van der Waals surface area (Å²) in [5, 5.41) is 0.409. The summed E-state index contributed by atoms with van der Waals surface area (Å²) < 4.78 is 6.64. The first-order valence-electron chi connectivity index (χ1n) is 8.75. The van der Waals surface area contributed by atoms with Gasteiger partial charge in [-0.2, -0.15) is 11.8 Å². The van der Waals surface area contributed by atoms with Crippen LogP contribution in [0.5, 0.6) is 0 Å². The molecule has 26 heavy (non-hydrogen) atoms. The minimum absolute atomic E-state index is 0.0243. The standard InChI is InChI=1S/C20H20N2O3S/c23-19(14-22-16-8-4-5-9-17(16)25-20(22)24)21-11-10-18(26-13-12-21)15-6-2-1-3-7-15/h1-9,18H,10-14H2. The van der Waals surface area contributed by atoms with Gasteiger partial charge in [-0.05, 0) is 24.1 Å². The third kappa shape index (κ3) is 3.42. The van der Waals surface area contributed by atoms with Gasteiger partial charge in [0, 0.05) is 24.1 Å². The average molecular weight is 368 g/mol. The molecule has 0 N–H and O–H groups in total. The van der Waals surface area contributed by atoms with E-state index in [0.29, 0.717) is 29.4 Å². The van der Waals surface area contributed by atoms with Crippen LogP contribution in [0.3, 0.4) is 0 Å². The van der Waals surface area contributed by atoms with Gasteiger partial charge in [-0.15, -0.1) is 0 Å². The van der Waals surface area contributed by atoms with Crippen LogP contribution in [-0.2, 0) is 11.3 Å². The van der Waals surface area contributed by atoms with Gasteiger partial charge in [-0.3, -0.25) is 9.36 Å².